The molecule has 1 aliphatic rings. The highest BCUT2D eigenvalue weighted by Crippen LogP contribution is 2.34. The molecule has 0 bridgehead atoms. The molecular formula is C21H24N8O. The molecule has 30 heavy (non-hydrogen) atoms. The molecule has 0 radical (unpaired) electrons. The van der Waals surface area contributed by atoms with Crippen molar-refractivity contribution in [3.63, 3.8) is 0 Å². The fourth-order valence-corrected chi connectivity index (χ4v) is 3.56. The Morgan fingerprint density at radius 2 is 2.07 bits per heavy atom. The molecule has 3 aromatic rings. The van der Waals surface area contributed by atoms with E-state index >= 15 is 0 Å². The van der Waals surface area contributed by atoms with Gasteiger partial charge in [0.15, 0.2) is 17.8 Å². The molecule has 9 nitrogen and oxygen atoms in total. The summed E-state index contributed by atoms with van der Waals surface area (Å²) in [4.78, 5) is 13.8. The lowest BCUT2D eigenvalue weighted by Gasteiger charge is -2.40. The van der Waals surface area contributed by atoms with Crippen LogP contribution in [0, 0.1) is 6.57 Å². The summed E-state index contributed by atoms with van der Waals surface area (Å²) < 4.78 is 5.68. The lowest BCUT2D eigenvalue weighted by Crippen LogP contribution is -2.57. The minimum Gasteiger partial charge on any atom is -0.496 e. The van der Waals surface area contributed by atoms with Crippen LogP contribution in [0.3, 0.4) is 0 Å². The first kappa shape index (κ1) is 19.7. The van der Waals surface area contributed by atoms with E-state index in [-0.39, 0.29) is 11.4 Å². The van der Waals surface area contributed by atoms with E-state index in [2.05, 4.69) is 66.5 Å². The number of aromatic amines is 1. The number of piperazine rings is 1. The van der Waals surface area contributed by atoms with E-state index in [0.29, 0.717) is 11.6 Å². The second-order valence-corrected chi connectivity index (χ2v) is 7.78. The smallest absolute Gasteiger partial charge is 0.288 e. The van der Waals surface area contributed by atoms with Crippen LogP contribution in [-0.4, -0.2) is 52.4 Å². The third-order valence-corrected chi connectivity index (χ3v) is 5.00. The molecule has 2 aromatic heterocycles. The van der Waals surface area contributed by atoms with Crippen LogP contribution >= 0.6 is 0 Å². The van der Waals surface area contributed by atoms with Gasteiger partial charge in [-0.3, -0.25) is 5.10 Å². The van der Waals surface area contributed by atoms with Crippen molar-refractivity contribution < 1.29 is 4.74 Å². The molecule has 1 saturated heterocycles. The van der Waals surface area contributed by atoms with Gasteiger partial charge in [-0.25, -0.2) is 4.98 Å². The highest BCUT2D eigenvalue weighted by Gasteiger charge is 2.26. The number of benzene rings is 1. The number of ether oxygens (including phenoxy) is 1. The van der Waals surface area contributed by atoms with Crippen LogP contribution in [0.25, 0.3) is 16.1 Å². The second kappa shape index (κ2) is 8.00. The van der Waals surface area contributed by atoms with Crippen molar-refractivity contribution in [1.82, 2.24) is 25.5 Å². The minimum absolute atomic E-state index is 0.0734. The summed E-state index contributed by atoms with van der Waals surface area (Å²) in [5.74, 6) is 2.15. The molecule has 3 N–H and O–H groups in total. The molecule has 1 fully saturated rings. The molecule has 1 aliphatic heterocycles. The molecule has 0 aliphatic carbocycles. The summed E-state index contributed by atoms with van der Waals surface area (Å²) >= 11 is 0. The van der Waals surface area contributed by atoms with Gasteiger partial charge in [0.1, 0.15) is 5.75 Å². The summed E-state index contributed by atoms with van der Waals surface area (Å²) in [7, 11) is 1.67. The number of nitrogens with zero attached hydrogens (tertiary/aromatic N) is 5. The third kappa shape index (κ3) is 4.18. The summed E-state index contributed by atoms with van der Waals surface area (Å²) in [6.45, 7) is 14.2. The quantitative estimate of drug-likeness (QED) is 0.561. The molecule has 154 valence electrons. The third-order valence-electron chi connectivity index (χ3n) is 5.00. The van der Waals surface area contributed by atoms with Crippen molar-refractivity contribution in [2.24, 2.45) is 0 Å². The molecule has 0 amide bonds. The van der Waals surface area contributed by atoms with Crippen molar-refractivity contribution in [2.75, 3.05) is 37.0 Å². The van der Waals surface area contributed by atoms with Crippen LogP contribution in [0.1, 0.15) is 13.8 Å². The molecule has 9 heteroatoms. The number of aromatic nitrogens is 4. The van der Waals surface area contributed by atoms with Crippen LogP contribution in [0.2, 0.25) is 0 Å². The van der Waals surface area contributed by atoms with Gasteiger partial charge in [-0.2, -0.15) is 5.10 Å². The molecule has 0 saturated carbocycles. The Bertz CT molecular complexity index is 1070. The van der Waals surface area contributed by atoms with Crippen molar-refractivity contribution >= 4 is 23.1 Å². The van der Waals surface area contributed by atoms with E-state index in [0.717, 1.165) is 42.3 Å². The normalized spacial score (nSPS) is 15.5. The highest BCUT2D eigenvalue weighted by atomic mass is 16.5. The molecular weight excluding hydrogens is 380 g/mol. The summed E-state index contributed by atoms with van der Waals surface area (Å²) in [6, 6.07) is 8.11. The Morgan fingerprint density at radius 3 is 2.77 bits per heavy atom. The van der Waals surface area contributed by atoms with E-state index in [1.165, 1.54) is 12.4 Å². The predicted molar refractivity (Wildman–Crippen MR) is 116 cm³/mol. The standard InChI is InChI=1S/C21H24N8O/c1-21(2)13-29(8-7-25-21)14-5-6-15(17(9-14)30-4)16-10-18(28-27-16)26-20-12-23-19(22-3)11-24-20/h5-6,9-12,25H,7-8,13H2,1-2,4H3,(H2,24,26,27,28). The zero-order valence-corrected chi connectivity index (χ0v) is 17.2. The lowest BCUT2D eigenvalue weighted by molar-refractivity contribution is 0.352. The molecule has 0 atom stereocenters. The molecule has 1 aromatic carbocycles. The molecule has 0 unspecified atom stereocenters. The Balaban J connectivity index is 1.54. The largest absolute Gasteiger partial charge is 0.496 e. The first-order valence-electron chi connectivity index (χ1n) is 9.68. The van der Waals surface area contributed by atoms with Gasteiger partial charge in [0.05, 0.1) is 19.0 Å². The fourth-order valence-electron chi connectivity index (χ4n) is 3.56. The van der Waals surface area contributed by atoms with Crippen molar-refractivity contribution in [2.45, 2.75) is 19.4 Å². The summed E-state index contributed by atoms with van der Waals surface area (Å²) in [5.41, 5.74) is 2.96. The Morgan fingerprint density at radius 1 is 1.20 bits per heavy atom. The van der Waals surface area contributed by atoms with Gasteiger partial charge in [0.2, 0.25) is 0 Å². The van der Waals surface area contributed by atoms with Gasteiger partial charge in [-0.1, -0.05) is 6.57 Å². The second-order valence-electron chi connectivity index (χ2n) is 7.78. The lowest BCUT2D eigenvalue weighted by atomic mass is 10.0. The zero-order valence-electron chi connectivity index (χ0n) is 17.2. The molecule has 0 spiro atoms. The van der Waals surface area contributed by atoms with Crippen LogP contribution in [-0.2, 0) is 0 Å². The number of hydrogen-bond donors (Lipinski definition) is 3. The first-order chi connectivity index (χ1) is 14.5. The number of H-pyrrole nitrogens is 1. The Kier molecular flexibility index (Phi) is 5.25. The zero-order chi connectivity index (χ0) is 21.1. The maximum absolute atomic E-state index is 6.94. The van der Waals surface area contributed by atoms with E-state index < -0.39 is 0 Å². The maximum Gasteiger partial charge on any atom is 0.288 e. The number of anilines is 3. The highest BCUT2D eigenvalue weighted by molar-refractivity contribution is 5.73. The van der Waals surface area contributed by atoms with E-state index in [9.17, 15) is 0 Å². The van der Waals surface area contributed by atoms with Crippen LogP contribution in [0.4, 0.5) is 23.1 Å². The maximum atomic E-state index is 6.94. The average molecular weight is 404 g/mol. The summed E-state index contributed by atoms with van der Waals surface area (Å²) in [5, 5.41) is 14.0. The van der Waals surface area contributed by atoms with E-state index in [4.69, 9.17) is 11.3 Å². The van der Waals surface area contributed by atoms with Crippen molar-refractivity contribution in [1.29, 1.82) is 0 Å². The number of rotatable bonds is 5. The number of nitrogens with one attached hydrogen (secondary N) is 3. The first-order valence-corrected chi connectivity index (χ1v) is 9.68. The Labute approximate surface area is 175 Å². The van der Waals surface area contributed by atoms with Crippen molar-refractivity contribution in [3.8, 4) is 17.0 Å². The van der Waals surface area contributed by atoms with E-state index in [1.54, 1.807) is 7.11 Å². The predicted octanol–water partition coefficient (Wildman–Crippen LogP) is 3.36. The van der Waals surface area contributed by atoms with Crippen LogP contribution in [0.15, 0.2) is 36.7 Å². The van der Waals surface area contributed by atoms with Crippen LogP contribution in [0.5, 0.6) is 5.75 Å². The monoisotopic (exact) mass is 404 g/mol. The van der Waals surface area contributed by atoms with Gasteiger partial charge in [-0.15, -0.1) is 4.98 Å². The van der Waals surface area contributed by atoms with Gasteiger partial charge >= 0.3 is 0 Å². The van der Waals surface area contributed by atoms with Gasteiger partial charge in [0, 0.05) is 48.6 Å². The minimum atomic E-state index is 0.0734. The molecule has 4 rings (SSSR count). The Hall–Kier alpha value is -3.64. The number of methoxy groups -OCH3 is 1. The van der Waals surface area contributed by atoms with Crippen molar-refractivity contribution in [3.05, 3.63) is 48.1 Å². The van der Waals surface area contributed by atoms with Gasteiger partial charge in [0.25, 0.3) is 5.82 Å². The van der Waals surface area contributed by atoms with Gasteiger partial charge < -0.3 is 25.1 Å². The summed E-state index contributed by atoms with van der Waals surface area (Å²) in [6.07, 6.45) is 2.92. The average Bonchev–Trinajstić information content (AvgIpc) is 3.21. The topological polar surface area (TPSA) is 95.3 Å². The SMILES string of the molecule is [C-]#[N+]c1cnc(Nc2cc(-c3ccc(N4CCNC(C)(C)C4)cc3OC)[nH]n2)cn1. The molecule has 3 heterocycles. The van der Waals surface area contributed by atoms with Crippen LogP contribution < -0.4 is 20.3 Å². The number of hydrogen-bond acceptors (Lipinski definition) is 7. The fraction of sp³-hybridized carbons (Fsp3) is 0.333. The van der Waals surface area contributed by atoms with Gasteiger partial charge in [-0.05, 0) is 26.0 Å². The van der Waals surface area contributed by atoms with E-state index in [1.807, 2.05) is 12.1 Å².